The predicted octanol–water partition coefficient (Wildman–Crippen LogP) is 0.170. The lowest BCUT2D eigenvalue weighted by molar-refractivity contribution is 0.0524. The summed E-state index contributed by atoms with van der Waals surface area (Å²) in [6, 6.07) is 0.417. The van der Waals surface area contributed by atoms with Gasteiger partial charge >= 0.3 is 6.03 Å². The van der Waals surface area contributed by atoms with E-state index in [9.17, 15) is 4.79 Å². The summed E-state index contributed by atoms with van der Waals surface area (Å²) in [4.78, 5) is 13.8. The summed E-state index contributed by atoms with van der Waals surface area (Å²) in [6.45, 7) is 4.85. The molecule has 2 heterocycles. The van der Waals surface area contributed by atoms with Gasteiger partial charge in [0.2, 0.25) is 0 Å². The fourth-order valence-electron chi connectivity index (χ4n) is 2.20. The molecule has 2 aliphatic rings. The van der Waals surface area contributed by atoms with E-state index in [2.05, 4.69) is 10.6 Å². The summed E-state index contributed by atoms with van der Waals surface area (Å²) in [5, 5.41) is 6.47. The lowest BCUT2D eigenvalue weighted by Crippen LogP contribution is -2.49. The van der Waals surface area contributed by atoms with Crippen LogP contribution in [0.3, 0.4) is 0 Å². The first-order chi connectivity index (χ1) is 7.86. The third-order valence-corrected chi connectivity index (χ3v) is 3.20. The number of carbonyl (C=O) groups excluding carboxylic acids is 1. The fourth-order valence-corrected chi connectivity index (χ4v) is 2.20. The Morgan fingerprint density at radius 3 is 2.88 bits per heavy atom. The van der Waals surface area contributed by atoms with Crippen molar-refractivity contribution in [3.63, 3.8) is 0 Å². The molecule has 2 aliphatic heterocycles. The van der Waals surface area contributed by atoms with Crippen LogP contribution in [0.4, 0.5) is 4.79 Å². The molecule has 0 radical (unpaired) electrons. The summed E-state index contributed by atoms with van der Waals surface area (Å²) in [7, 11) is 0. The monoisotopic (exact) mass is 227 g/mol. The fraction of sp³-hybridized carbons (Fsp3) is 0.909. The standard InChI is InChI=1S/C11H21N3O2/c15-11(14-6-8-16-9-7-14)13-10-2-1-4-12-5-3-10/h10,12H,1-9H2,(H,13,15). The van der Waals surface area contributed by atoms with E-state index < -0.39 is 0 Å². The van der Waals surface area contributed by atoms with Crippen LogP contribution < -0.4 is 10.6 Å². The molecule has 1 atom stereocenters. The number of nitrogens with one attached hydrogen (secondary N) is 2. The zero-order chi connectivity index (χ0) is 11.2. The first-order valence-corrected chi connectivity index (χ1v) is 6.20. The van der Waals surface area contributed by atoms with Crippen molar-refractivity contribution in [1.82, 2.24) is 15.5 Å². The van der Waals surface area contributed by atoms with Gasteiger partial charge in [-0.3, -0.25) is 0 Å². The first kappa shape index (κ1) is 11.7. The molecule has 5 heteroatoms. The summed E-state index contributed by atoms with van der Waals surface area (Å²) in [5.74, 6) is 0. The van der Waals surface area contributed by atoms with Gasteiger partial charge in [-0.15, -0.1) is 0 Å². The number of hydrogen-bond donors (Lipinski definition) is 2. The van der Waals surface area contributed by atoms with Crippen molar-refractivity contribution in [2.45, 2.75) is 25.3 Å². The average Bonchev–Trinajstić information content (AvgIpc) is 2.59. The second-order valence-electron chi connectivity index (χ2n) is 4.43. The van der Waals surface area contributed by atoms with Crippen LogP contribution in [0.25, 0.3) is 0 Å². The number of morpholine rings is 1. The number of amides is 2. The number of hydrogen-bond acceptors (Lipinski definition) is 3. The van der Waals surface area contributed by atoms with Crippen LogP contribution in [-0.4, -0.2) is 56.4 Å². The van der Waals surface area contributed by atoms with Crippen molar-refractivity contribution in [2.75, 3.05) is 39.4 Å². The van der Waals surface area contributed by atoms with Crippen LogP contribution in [0.1, 0.15) is 19.3 Å². The third kappa shape index (κ3) is 3.35. The molecule has 1 unspecified atom stereocenters. The van der Waals surface area contributed by atoms with Gasteiger partial charge in [0.1, 0.15) is 0 Å². The van der Waals surface area contributed by atoms with Crippen molar-refractivity contribution < 1.29 is 9.53 Å². The molecule has 0 aromatic heterocycles. The largest absolute Gasteiger partial charge is 0.378 e. The Morgan fingerprint density at radius 1 is 1.25 bits per heavy atom. The summed E-state index contributed by atoms with van der Waals surface area (Å²) in [5.41, 5.74) is 0. The number of nitrogens with zero attached hydrogens (tertiary/aromatic N) is 1. The van der Waals surface area contributed by atoms with E-state index in [4.69, 9.17) is 4.74 Å². The van der Waals surface area contributed by atoms with E-state index in [-0.39, 0.29) is 6.03 Å². The van der Waals surface area contributed by atoms with Gasteiger partial charge in [-0.05, 0) is 32.4 Å². The highest BCUT2D eigenvalue weighted by Crippen LogP contribution is 2.06. The van der Waals surface area contributed by atoms with E-state index in [1.165, 1.54) is 0 Å². The Kier molecular flexibility index (Phi) is 4.42. The Labute approximate surface area is 96.5 Å². The topological polar surface area (TPSA) is 53.6 Å². The molecule has 0 spiro atoms. The number of carbonyl (C=O) groups is 1. The predicted molar refractivity (Wildman–Crippen MR) is 61.4 cm³/mol. The highest BCUT2D eigenvalue weighted by atomic mass is 16.5. The van der Waals surface area contributed by atoms with Gasteiger partial charge in [0.05, 0.1) is 13.2 Å². The van der Waals surface area contributed by atoms with Gasteiger partial charge in [-0.1, -0.05) is 0 Å². The molecule has 2 fully saturated rings. The quantitative estimate of drug-likeness (QED) is 0.671. The van der Waals surface area contributed by atoms with Crippen molar-refractivity contribution in [3.05, 3.63) is 0 Å². The highest BCUT2D eigenvalue weighted by Gasteiger charge is 2.20. The molecule has 2 N–H and O–H groups in total. The number of ether oxygens (including phenoxy) is 1. The first-order valence-electron chi connectivity index (χ1n) is 6.20. The molecule has 0 aromatic carbocycles. The van der Waals surface area contributed by atoms with Gasteiger partial charge < -0.3 is 20.3 Å². The van der Waals surface area contributed by atoms with Gasteiger partial charge in [0.15, 0.2) is 0 Å². The maximum atomic E-state index is 11.9. The van der Waals surface area contributed by atoms with Gasteiger partial charge in [-0.25, -0.2) is 4.79 Å². The molecule has 16 heavy (non-hydrogen) atoms. The van der Waals surface area contributed by atoms with Gasteiger partial charge in [-0.2, -0.15) is 0 Å². The minimum atomic E-state index is 0.0789. The lowest BCUT2D eigenvalue weighted by atomic mass is 10.1. The molecule has 0 bridgehead atoms. The Bertz CT molecular complexity index is 221. The van der Waals surface area contributed by atoms with Gasteiger partial charge in [0, 0.05) is 19.1 Å². The normalized spacial score (nSPS) is 27.2. The second-order valence-corrected chi connectivity index (χ2v) is 4.43. The zero-order valence-corrected chi connectivity index (χ0v) is 9.71. The molecule has 2 amide bonds. The van der Waals surface area contributed by atoms with E-state index in [0.29, 0.717) is 19.3 Å². The molecular formula is C11H21N3O2. The van der Waals surface area contributed by atoms with Crippen LogP contribution in [0.2, 0.25) is 0 Å². The van der Waals surface area contributed by atoms with Crippen molar-refractivity contribution in [1.29, 1.82) is 0 Å². The summed E-state index contributed by atoms with van der Waals surface area (Å²) in [6.07, 6.45) is 3.27. The zero-order valence-electron chi connectivity index (χ0n) is 9.71. The highest BCUT2D eigenvalue weighted by molar-refractivity contribution is 5.74. The third-order valence-electron chi connectivity index (χ3n) is 3.20. The molecule has 5 nitrogen and oxygen atoms in total. The van der Waals surface area contributed by atoms with E-state index in [0.717, 1.165) is 45.4 Å². The second kappa shape index (κ2) is 6.06. The average molecular weight is 227 g/mol. The van der Waals surface area contributed by atoms with Crippen LogP contribution in [0, 0.1) is 0 Å². The molecule has 0 saturated carbocycles. The van der Waals surface area contributed by atoms with Crippen LogP contribution in [-0.2, 0) is 4.74 Å². The summed E-state index contributed by atoms with van der Waals surface area (Å²) >= 11 is 0. The number of urea groups is 1. The van der Waals surface area contributed by atoms with Crippen molar-refractivity contribution >= 4 is 6.03 Å². The van der Waals surface area contributed by atoms with Crippen molar-refractivity contribution in [3.8, 4) is 0 Å². The van der Waals surface area contributed by atoms with E-state index >= 15 is 0 Å². The Morgan fingerprint density at radius 2 is 2.06 bits per heavy atom. The molecule has 2 saturated heterocycles. The Hall–Kier alpha value is -0.810. The van der Waals surface area contributed by atoms with E-state index in [1.807, 2.05) is 4.90 Å². The molecule has 0 aromatic rings. The maximum absolute atomic E-state index is 11.9. The lowest BCUT2D eigenvalue weighted by Gasteiger charge is -2.29. The van der Waals surface area contributed by atoms with Gasteiger partial charge in [0.25, 0.3) is 0 Å². The number of rotatable bonds is 1. The molecule has 2 rings (SSSR count). The van der Waals surface area contributed by atoms with Crippen LogP contribution in [0.15, 0.2) is 0 Å². The van der Waals surface area contributed by atoms with Crippen LogP contribution >= 0.6 is 0 Å². The summed E-state index contributed by atoms with van der Waals surface area (Å²) < 4.78 is 5.23. The molecular weight excluding hydrogens is 206 g/mol. The maximum Gasteiger partial charge on any atom is 0.317 e. The van der Waals surface area contributed by atoms with Crippen LogP contribution in [0.5, 0.6) is 0 Å². The minimum Gasteiger partial charge on any atom is -0.378 e. The molecule has 92 valence electrons. The molecule has 0 aliphatic carbocycles. The van der Waals surface area contributed by atoms with Crippen molar-refractivity contribution in [2.24, 2.45) is 0 Å². The SMILES string of the molecule is O=C(NC1CCCNCC1)N1CCOCC1. The minimum absolute atomic E-state index is 0.0789. The smallest absolute Gasteiger partial charge is 0.317 e. The Balaban J connectivity index is 1.76. The van der Waals surface area contributed by atoms with E-state index in [1.54, 1.807) is 0 Å².